The number of ether oxygens (including phenoxy) is 1. The first-order valence-electron chi connectivity index (χ1n) is 7.21. The Morgan fingerprint density at radius 1 is 1.13 bits per heavy atom. The molecule has 0 bridgehead atoms. The van der Waals surface area contributed by atoms with Crippen molar-refractivity contribution in [3.05, 3.63) is 59.1 Å². The number of esters is 1. The predicted octanol–water partition coefficient (Wildman–Crippen LogP) is 4.09. The first-order valence-corrected chi connectivity index (χ1v) is 7.59. The number of hydrogen-bond acceptors (Lipinski definition) is 3. The van der Waals surface area contributed by atoms with Gasteiger partial charge in [0.1, 0.15) is 5.75 Å². The molecule has 0 spiro atoms. The lowest BCUT2D eigenvalue weighted by atomic mass is 10.2. The Labute approximate surface area is 139 Å². The summed E-state index contributed by atoms with van der Waals surface area (Å²) in [5.41, 5.74) is 0.938. The second-order valence-electron chi connectivity index (χ2n) is 4.81. The third kappa shape index (κ3) is 5.30. The standard InChI is InChI=1S/C17H17ClN2O3/c1-2-10-19-17(22)20-14-4-3-5-15(11-14)23-16(21)12-6-8-13(18)9-7-12/h3-9,11H,2,10H2,1H3,(H2,19,20,22). The molecule has 0 aromatic heterocycles. The van der Waals surface area contributed by atoms with Crippen molar-refractivity contribution >= 4 is 29.3 Å². The maximum atomic E-state index is 12.0. The highest BCUT2D eigenvalue weighted by molar-refractivity contribution is 6.30. The van der Waals surface area contributed by atoms with Crippen LogP contribution in [0, 0.1) is 0 Å². The van der Waals surface area contributed by atoms with Crippen LogP contribution in [0.4, 0.5) is 10.5 Å². The number of anilines is 1. The van der Waals surface area contributed by atoms with Crippen molar-refractivity contribution < 1.29 is 14.3 Å². The molecule has 0 atom stereocenters. The van der Waals surface area contributed by atoms with Gasteiger partial charge in [-0.25, -0.2) is 9.59 Å². The summed E-state index contributed by atoms with van der Waals surface area (Å²) in [5, 5.41) is 5.93. The molecular weight excluding hydrogens is 316 g/mol. The largest absolute Gasteiger partial charge is 0.423 e. The van der Waals surface area contributed by atoms with Gasteiger partial charge in [0.15, 0.2) is 0 Å². The average Bonchev–Trinajstić information content (AvgIpc) is 2.54. The van der Waals surface area contributed by atoms with Crippen LogP contribution in [-0.2, 0) is 0 Å². The van der Waals surface area contributed by atoms with E-state index in [2.05, 4.69) is 10.6 Å². The van der Waals surface area contributed by atoms with E-state index in [1.165, 1.54) is 0 Å². The van der Waals surface area contributed by atoms with Crippen LogP contribution < -0.4 is 15.4 Å². The first-order chi connectivity index (χ1) is 11.1. The summed E-state index contributed by atoms with van der Waals surface area (Å²) in [7, 11) is 0. The van der Waals surface area contributed by atoms with Crippen LogP contribution in [0.15, 0.2) is 48.5 Å². The molecule has 0 fully saturated rings. The monoisotopic (exact) mass is 332 g/mol. The number of hydrogen-bond donors (Lipinski definition) is 2. The van der Waals surface area contributed by atoms with Gasteiger partial charge < -0.3 is 15.4 Å². The van der Waals surface area contributed by atoms with Crippen LogP contribution in [0.1, 0.15) is 23.7 Å². The molecule has 23 heavy (non-hydrogen) atoms. The van der Waals surface area contributed by atoms with Gasteiger partial charge in [-0.1, -0.05) is 24.6 Å². The van der Waals surface area contributed by atoms with E-state index in [0.29, 0.717) is 28.6 Å². The average molecular weight is 333 g/mol. The molecule has 0 aliphatic carbocycles. The molecule has 2 amide bonds. The van der Waals surface area contributed by atoms with Gasteiger partial charge in [0.2, 0.25) is 0 Å². The molecule has 2 N–H and O–H groups in total. The maximum absolute atomic E-state index is 12.0. The van der Waals surface area contributed by atoms with E-state index >= 15 is 0 Å². The Hall–Kier alpha value is -2.53. The second-order valence-corrected chi connectivity index (χ2v) is 5.24. The van der Waals surface area contributed by atoms with Crippen molar-refractivity contribution in [2.24, 2.45) is 0 Å². The van der Waals surface area contributed by atoms with Crippen LogP contribution in [0.25, 0.3) is 0 Å². The highest BCUT2D eigenvalue weighted by atomic mass is 35.5. The summed E-state index contributed by atoms with van der Waals surface area (Å²) in [5.74, 6) is -0.146. The lowest BCUT2D eigenvalue weighted by molar-refractivity contribution is 0.0735. The number of benzene rings is 2. The number of carbonyl (C=O) groups is 2. The van der Waals surface area contributed by atoms with Gasteiger partial charge >= 0.3 is 12.0 Å². The highest BCUT2D eigenvalue weighted by Gasteiger charge is 2.09. The van der Waals surface area contributed by atoms with E-state index in [4.69, 9.17) is 16.3 Å². The minimum absolute atomic E-state index is 0.298. The van der Waals surface area contributed by atoms with Crippen molar-refractivity contribution in [3.8, 4) is 5.75 Å². The van der Waals surface area contributed by atoms with E-state index in [1.54, 1.807) is 48.5 Å². The zero-order valence-electron chi connectivity index (χ0n) is 12.6. The van der Waals surface area contributed by atoms with Crippen molar-refractivity contribution in [2.75, 3.05) is 11.9 Å². The zero-order valence-corrected chi connectivity index (χ0v) is 13.4. The molecule has 0 heterocycles. The fourth-order valence-electron chi connectivity index (χ4n) is 1.80. The Balaban J connectivity index is 2.00. The molecule has 2 aromatic rings. The van der Waals surface area contributed by atoms with Gasteiger partial charge in [0.25, 0.3) is 0 Å². The number of nitrogens with one attached hydrogen (secondary N) is 2. The van der Waals surface area contributed by atoms with Gasteiger partial charge in [0, 0.05) is 23.3 Å². The molecule has 0 saturated heterocycles. The molecule has 0 unspecified atom stereocenters. The quantitative estimate of drug-likeness (QED) is 0.640. The first kappa shape index (κ1) is 16.8. The molecule has 2 rings (SSSR count). The number of rotatable bonds is 5. The summed E-state index contributed by atoms with van der Waals surface area (Å²) in [6, 6.07) is 12.7. The lowest BCUT2D eigenvalue weighted by Crippen LogP contribution is -2.29. The van der Waals surface area contributed by atoms with E-state index in [0.717, 1.165) is 6.42 Å². The molecule has 0 aliphatic heterocycles. The number of carbonyl (C=O) groups excluding carboxylic acids is 2. The molecule has 0 saturated carbocycles. The summed E-state index contributed by atoms with van der Waals surface area (Å²) >= 11 is 5.78. The van der Waals surface area contributed by atoms with E-state index in [1.807, 2.05) is 6.92 Å². The Kier molecular flexibility index (Phi) is 6.00. The van der Waals surface area contributed by atoms with Crippen LogP contribution in [0.3, 0.4) is 0 Å². The van der Waals surface area contributed by atoms with Gasteiger partial charge in [-0.3, -0.25) is 0 Å². The van der Waals surface area contributed by atoms with Crippen LogP contribution in [0.5, 0.6) is 5.75 Å². The van der Waals surface area contributed by atoms with Crippen molar-refractivity contribution in [1.82, 2.24) is 5.32 Å². The summed E-state index contributed by atoms with van der Waals surface area (Å²) in [6.07, 6.45) is 0.853. The fourth-order valence-corrected chi connectivity index (χ4v) is 1.93. The maximum Gasteiger partial charge on any atom is 0.343 e. The minimum atomic E-state index is -0.491. The molecule has 5 nitrogen and oxygen atoms in total. The molecule has 6 heteroatoms. The van der Waals surface area contributed by atoms with Gasteiger partial charge in [-0.2, -0.15) is 0 Å². The third-order valence-electron chi connectivity index (χ3n) is 2.92. The van der Waals surface area contributed by atoms with E-state index < -0.39 is 5.97 Å². The van der Waals surface area contributed by atoms with E-state index in [9.17, 15) is 9.59 Å². The second kappa shape index (κ2) is 8.19. The molecule has 0 radical (unpaired) electrons. The zero-order chi connectivity index (χ0) is 16.7. The minimum Gasteiger partial charge on any atom is -0.423 e. The van der Waals surface area contributed by atoms with Crippen molar-refractivity contribution in [2.45, 2.75) is 13.3 Å². The van der Waals surface area contributed by atoms with Crippen LogP contribution in [0.2, 0.25) is 5.02 Å². The summed E-state index contributed by atoms with van der Waals surface area (Å²) in [4.78, 5) is 23.7. The lowest BCUT2D eigenvalue weighted by Gasteiger charge is -2.09. The number of halogens is 1. The Morgan fingerprint density at radius 3 is 2.57 bits per heavy atom. The predicted molar refractivity (Wildman–Crippen MR) is 90.2 cm³/mol. The normalized spacial score (nSPS) is 10.0. The number of urea groups is 1. The van der Waals surface area contributed by atoms with Gasteiger partial charge in [-0.15, -0.1) is 0 Å². The van der Waals surface area contributed by atoms with Crippen LogP contribution in [-0.4, -0.2) is 18.5 Å². The van der Waals surface area contributed by atoms with E-state index in [-0.39, 0.29) is 6.03 Å². The summed E-state index contributed by atoms with van der Waals surface area (Å²) < 4.78 is 5.29. The number of amides is 2. The van der Waals surface area contributed by atoms with Crippen molar-refractivity contribution in [3.63, 3.8) is 0 Å². The third-order valence-corrected chi connectivity index (χ3v) is 3.17. The topological polar surface area (TPSA) is 67.4 Å². The molecule has 0 aliphatic rings. The molecular formula is C17H17ClN2O3. The van der Waals surface area contributed by atoms with Crippen LogP contribution >= 0.6 is 11.6 Å². The Bertz CT molecular complexity index is 686. The molecule has 2 aromatic carbocycles. The fraction of sp³-hybridized carbons (Fsp3) is 0.176. The highest BCUT2D eigenvalue weighted by Crippen LogP contribution is 2.19. The van der Waals surface area contributed by atoms with Gasteiger partial charge in [0.05, 0.1) is 5.56 Å². The van der Waals surface area contributed by atoms with Gasteiger partial charge in [-0.05, 0) is 42.8 Å². The molecule has 120 valence electrons. The smallest absolute Gasteiger partial charge is 0.343 e. The SMILES string of the molecule is CCCNC(=O)Nc1cccc(OC(=O)c2ccc(Cl)cc2)c1. The Morgan fingerprint density at radius 2 is 1.87 bits per heavy atom. The van der Waals surface area contributed by atoms with Crippen molar-refractivity contribution in [1.29, 1.82) is 0 Å². The summed E-state index contributed by atoms with van der Waals surface area (Å²) in [6.45, 7) is 2.56.